The van der Waals surface area contributed by atoms with Crippen LogP contribution in [0, 0.1) is 6.92 Å². The number of hydrogen-bond acceptors (Lipinski definition) is 5. The van der Waals surface area contributed by atoms with E-state index in [0.717, 1.165) is 25.2 Å². The molecule has 1 fully saturated rings. The van der Waals surface area contributed by atoms with Gasteiger partial charge in [-0.2, -0.15) is 4.98 Å². The van der Waals surface area contributed by atoms with Crippen molar-refractivity contribution in [2.24, 2.45) is 0 Å². The molecule has 5 heteroatoms. The first-order valence-corrected chi connectivity index (χ1v) is 9.13. The van der Waals surface area contributed by atoms with Gasteiger partial charge in [-0.15, -0.1) is 0 Å². The van der Waals surface area contributed by atoms with Crippen LogP contribution in [0.15, 0.2) is 59.1 Å². The van der Waals surface area contributed by atoms with Crippen molar-refractivity contribution in [3.8, 4) is 11.4 Å². The first-order valence-electron chi connectivity index (χ1n) is 9.13. The first kappa shape index (κ1) is 16.8. The van der Waals surface area contributed by atoms with Crippen molar-refractivity contribution in [2.75, 3.05) is 24.5 Å². The van der Waals surface area contributed by atoms with Crippen LogP contribution in [-0.4, -0.2) is 40.7 Å². The third-order valence-corrected chi connectivity index (χ3v) is 5.00. The molecule has 1 aromatic heterocycles. The molecule has 2 aromatic carbocycles. The summed E-state index contributed by atoms with van der Waals surface area (Å²) >= 11 is 0. The summed E-state index contributed by atoms with van der Waals surface area (Å²) in [5.41, 5.74) is 3.58. The smallest absolute Gasteiger partial charge is 0.241 e. The molecule has 1 atom stereocenters. The maximum absolute atomic E-state index is 5.48. The van der Waals surface area contributed by atoms with Crippen molar-refractivity contribution in [3.63, 3.8) is 0 Å². The molecule has 1 aliphatic heterocycles. The number of aromatic nitrogens is 2. The Morgan fingerprint density at radius 2 is 1.81 bits per heavy atom. The maximum Gasteiger partial charge on any atom is 0.241 e. The number of anilines is 1. The molecule has 2 heterocycles. The molecular formula is C21H24N4O. The minimum atomic E-state index is 0.428. The van der Waals surface area contributed by atoms with E-state index in [9.17, 15) is 0 Å². The van der Waals surface area contributed by atoms with Crippen molar-refractivity contribution in [3.05, 3.63) is 66.1 Å². The third kappa shape index (κ3) is 3.63. The van der Waals surface area contributed by atoms with E-state index in [1.807, 2.05) is 30.3 Å². The Bertz CT molecular complexity index is 844. The predicted octanol–water partition coefficient (Wildman–Crippen LogP) is 3.76. The van der Waals surface area contributed by atoms with Crippen LogP contribution in [0.2, 0.25) is 0 Å². The van der Waals surface area contributed by atoms with E-state index in [1.165, 1.54) is 11.3 Å². The van der Waals surface area contributed by atoms with E-state index < -0.39 is 0 Å². The minimum Gasteiger partial charge on any atom is -0.369 e. The quantitative estimate of drug-likeness (QED) is 0.718. The lowest BCUT2D eigenvalue weighted by Gasteiger charge is -2.40. The number of benzene rings is 2. The predicted molar refractivity (Wildman–Crippen MR) is 103 cm³/mol. The minimum absolute atomic E-state index is 0.428. The zero-order chi connectivity index (χ0) is 17.9. The molecule has 134 valence electrons. The van der Waals surface area contributed by atoms with Gasteiger partial charge in [0.2, 0.25) is 11.7 Å². The summed E-state index contributed by atoms with van der Waals surface area (Å²) in [6.07, 6.45) is 0. The van der Waals surface area contributed by atoms with E-state index in [4.69, 9.17) is 4.52 Å². The summed E-state index contributed by atoms with van der Waals surface area (Å²) in [5, 5.41) is 4.12. The van der Waals surface area contributed by atoms with Crippen molar-refractivity contribution < 1.29 is 4.52 Å². The molecule has 5 nitrogen and oxygen atoms in total. The third-order valence-electron chi connectivity index (χ3n) is 5.00. The first-order chi connectivity index (χ1) is 12.7. The van der Waals surface area contributed by atoms with Gasteiger partial charge in [-0.25, -0.2) is 0 Å². The maximum atomic E-state index is 5.48. The summed E-state index contributed by atoms with van der Waals surface area (Å²) in [6, 6.07) is 19.2. The fraction of sp³-hybridized carbons (Fsp3) is 0.333. The Hall–Kier alpha value is -2.66. The van der Waals surface area contributed by atoms with E-state index >= 15 is 0 Å². The molecule has 0 spiro atoms. The van der Waals surface area contributed by atoms with Crippen LogP contribution in [-0.2, 0) is 6.54 Å². The average Bonchev–Trinajstić information content (AvgIpc) is 3.13. The van der Waals surface area contributed by atoms with Gasteiger partial charge in [0.1, 0.15) is 0 Å². The lowest BCUT2D eigenvalue weighted by atomic mass is 10.1. The highest BCUT2D eigenvalue weighted by atomic mass is 16.5. The number of rotatable bonds is 4. The van der Waals surface area contributed by atoms with Crippen LogP contribution in [0.5, 0.6) is 0 Å². The van der Waals surface area contributed by atoms with Crippen molar-refractivity contribution in [2.45, 2.75) is 26.4 Å². The largest absolute Gasteiger partial charge is 0.369 e. The zero-order valence-corrected chi connectivity index (χ0v) is 15.3. The second-order valence-corrected chi connectivity index (χ2v) is 6.98. The lowest BCUT2D eigenvalue weighted by molar-refractivity contribution is 0.159. The number of nitrogens with zero attached hydrogens (tertiary/aromatic N) is 4. The van der Waals surface area contributed by atoms with Crippen molar-refractivity contribution in [1.29, 1.82) is 0 Å². The molecule has 1 saturated heterocycles. The van der Waals surface area contributed by atoms with Gasteiger partial charge in [-0.3, -0.25) is 4.90 Å². The highest BCUT2D eigenvalue weighted by molar-refractivity contribution is 5.53. The molecule has 0 saturated carbocycles. The van der Waals surface area contributed by atoms with Gasteiger partial charge in [0.05, 0.1) is 6.54 Å². The second kappa shape index (κ2) is 7.30. The van der Waals surface area contributed by atoms with E-state index in [2.05, 4.69) is 58.1 Å². The number of hydrogen-bond donors (Lipinski definition) is 0. The van der Waals surface area contributed by atoms with Crippen LogP contribution in [0.3, 0.4) is 0 Å². The topological polar surface area (TPSA) is 45.4 Å². The Morgan fingerprint density at radius 3 is 2.54 bits per heavy atom. The molecule has 26 heavy (non-hydrogen) atoms. The van der Waals surface area contributed by atoms with Crippen LogP contribution >= 0.6 is 0 Å². The SMILES string of the molecule is Cc1ccc(N2CCN(Cc3nc(-c4ccccc4)no3)[C@@H](C)C2)cc1. The summed E-state index contributed by atoms with van der Waals surface area (Å²) in [6.45, 7) is 8.07. The van der Waals surface area contributed by atoms with E-state index in [0.29, 0.717) is 24.3 Å². The van der Waals surface area contributed by atoms with Crippen LogP contribution in [0.25, 0.3) is 11.4 Å². The normalized spacial score (nSPS) is 18.2. The molecular weight excluding hydrogens is 324 g/mol. The Morgan fingerprint density at radius 1 is 1.04 bits per heavy atom. The fourth-order valence-electron chi connectivity index (χ4n) is 3.42. The lowest BCUT2D eigenvalue weighted by Crippen LogP contribution is -2.51. The summed E-state index contributed by atoms with van der Waals surface area (Å²) in [4.78, 5) is 9.42. The Balaban J connectivity index is 1.39. The molecule has 3 aromatic rings. The zero-order valence-electron chi connectivity index (χ0n) is 15.3. The van der Waals surface area contributed by atoms with Gasteiger partial charge >= 0.3 is 0 Å². The molecule has 0 aliphatic carbocycles. The highest BCUT2D eigenvalue weighted by Gasteiger charge is 2.25. The number of aryl methyl sites for hydroxylation is 1. The summed E-state index contributed by atoms with van der Waals surface area (Å²) in [7, 11) is 0. The Kier molecular flexibility index (Phi) is 4.71. The van der Waals surface area contributed by atoms with E-state index in [-0.39, 0.29) is 0 Å². The van der Waals surface area contributed by atoms with Gasteiger partial charge in [0, 0.05) is 36.9 Å². The monoisotopic (exact) mass is 348 g/mol. The highest BCUT2D eigenvalue weighted by Crippen LogP contribution is 2.21. The molecule has 0 amide bonds. The van der Waals surface area contributed by atoms with Gasteiger partial charge < -0.3 is 9.42 Å². The fourth-order valence-corrected chi connectivity index (χ4v) is 3.42. The second-order valence-electron chi connectivity index (χ2n) is 6.98. The molecule has 0 radical (unpaired) electrons. The number of piperazine rings is 1. The van der Waals surface area contributed by atoms with E-state index in [1.54, 1.807) is 0 Å². The molecule has 0 bridgehead atoms. The van der Waals surface area contributed by atoms with Crippen LogP contribution in [0.1, 0.15) is 18.4 Å². The molecule has 4 rings (SSSR count). The van der Waals surface area contributed by atoms with Gasteiger partial charge in [-0.1, -0.05) is 53.2 Å². The summed E-state index contributed by atoms with van der Waals surface area (Å²) in [5.74, 6) is 1.34. The average molecular weight is 348 g/mol. The molecule has 0 N–H and O–H groups in total. The standard InChI is InChI=1S/C21H24N4O/c1-16-8-10-19(11-9-16)25-13-12-24(17(2)14-25)15-20-22-21(23-26-20)18-6-4-3-5-7-18/h3-11,17H,12-15H2,1-2H3/t17-/m0/s1. The summed E-state index contributed by atoms with van der Waals surface area (Å²) < 4.78 is 5.48. The van der Waals surface area contributed by atoms with Crippen molar-refractivity contribution in [1.82, 2.24) is 15.0 Å². The Labute approximate surface area is 154 Å². The molecule has 1 aliphatic rings. The van der Waals surface area contributed by atoms with Gasteiger partial charge in [0.15, 0.2) is 0 Å². The van der Waals surface area contributed by atoms with Crippen molar-refractivity contribution >= 4 is 5.69 Å². The van der Waals surface area contributed by atoms with Crippen LogP contribution in [0.4, 0.5) is 5.69 Å². The molecule has 0 unspecified atom stereocenters. The van der Waals surface area contributed by atoms with Gasteiger partial charge in [0.25, 0.3) is 0 Å². The van der Waals surface area contributed by atoms with Crippen LogP contribution < -0.4 is 4.90 Å². The van der Waals surface area contributed by atoms with Gasteiger partial charge in [-0.05, 0) is 26.0 Å².